The van der Waals surface area contributed by atoms with Crippen LogP contribution < -0.4 is 10.6 Å². The first kappa shape index (κ1) is 22.0. The standard InChI is InChI=1S/C18H32O4P2/c1-13(2)19-23(20-14(3)4)17-11-9-10-12-18(17)24(21-15(5)6)22-16(7)8/h9-16H,1-8H3. The largest absolute Gasteiger partial charge is 0.328 e. The van der Waals surface area contributed by atoms with Crippen molar-refractivity contribution in [3.63, 3.8) is 0 Å². The summed E-state index contributed by atoms with van der Waals surface area (Å²) in [5, 5.41) is 2.09. The molecule has 0 atom stereocenters. The molecule has 0 saturated carbocycles. The maximum atomic E-state index is 6.09. The zero-order valence-corrected chi connectivity index (χ0v) is 17.9. The predicted molar refractivity (Wildman–Crippen MR) is 104 cm³/mol. The van der Waals surface area contributed by atoms with Gasteiger partial charge in [0.1, 0.15) is 0 Å². The number of benzene rings is 1. The minimum Gasteiger partial charge on any atom is -0.328 e. The Morgan fingerprint density at radius 1 is 0.542 bits per heavy atom. The van der Waals surface area contributed by atoms with E-state index in [4.69, 9.17) is 18.1 Å². The minimum atomic E-state index is -1.18. The van der Waals surface area contributed by atoms with Crippen molar-refractivity contribution in [2.45, 2.75) is 79.8 Å². The number of hydrogen-bond donors (Lipinski definition) is 0. The highest BCUT2D eigenvalue weighted by atomic mass is 31.2. The van der Waals surface area contributed by atoms with E-state index in [1.807, 2.05) is 67.5 Å². The van der Waals surface area contributed by atoms with E-state index < -0.39 is 16.8 Å². The first-order valence-electron chi connectivity index (χ1n) is 8.57. The molecule has 138 valence electrons. The van der Waals surface area contributed by atoms with Crippen molar-refractivity contribution in [1.29, 1.82) is 0 Å². The Kier molecular flexibility index (Phi) is 9.89. The molecular weight excluding hydrogens is 342 g/mol. The van der Waals surface area contributed by atoms with E-state index >= 15 is 0 Å². The van der Waals surface area contributed by atoms with Crippen LogP contribution in [0.15, 0.2) is 24.3 Å². The Labute approximate surface area is 150 Å². The first-order chi connectivity index (χ1) is 11.2. The molecule has 0 aliphatic carbocycles. The van der Waals surface area contributed by atoms with Crippen LogP contribution in [0.1, 0.15) is 55.4 Å². The summed E-state index contributed by atoms with van der Waals surface area (Å²) in [6.45, 7) is 16.2. The van der Waals surface area contributed by atoms with E-state index in [9.17, 15) is 0 Å². The quantitative estimate of drug-likeness (QED) is 0.524. The second kappa shape index (κ2) is 10.8. The van der Waals surface area contributed by atoms with Crippen LogP contribution in [0.3, 0.4) is 0 Å². The molecule has 24 heavy (non-hydrogen) atoms. The Balaban J connectivity index is 3.21. The van der Waals surface area contributed by atoms with E-state index in [1.54, 1.807) is 0 Å². The molecular formula is C18H32O4P2. The van der Waals surface area contributed by atoms with E-state index in [0.29, 0.717) is 0 Å². The second-order valence-corrected chi connectivity index (χ2v) is 9.45. The Morgan fingerprint density at radius 2 is 0.792 bits per heavy atom. The van der Waals surface area contributed by atoms with Gasteiger partial charge in [-0.3, -0.25) is 0 Å². The zero-order chi connectivity index (χ0) is 18.3. The lowest BCUT2D eigenvalue weighted by molar-refractivity contribution is 0.181. The summed E-state index contributed by atoms with van der Waals surface area (Å²) in [5.41, 5.74) is 0. The van der Waals surface area contributed by atoms with Gasteiger partial charge in [0, 0.05) is 10.6 Å². The van der Waals surface area contributed by atoms with Crippen molar-refractivity contribution in [3.05, 3.63) is 24.3 Å². The van der Waals surface area contributed by atoms with E-state index in [2.05, 4.69) is 12.1 Å². The van der Waals surface area contributed by atoms with Gasteiger partial charge >= 0.3 is 0 Å². The van der Waals surface area contributed by atoms with Crippen LogP contribution >= 0.6 is 16.8 Å². The smallest absolute Gasteiger partial charge is 0.206 e. The Morgan fingerprint density at radius 3 is 1.00 bits per heavy atom. The van der Waals surface area contributed by atoms with Gasteiger partial charge in [-0.1, -0.05) is 12.1 Å². The zero-order valence-electron chi connectivity index (χ0n) is 16.1. The average molecular weight is 374 g/mol. The summed E-state index contributed by atoms with van der Waals surface area (Å²) in [5.74, 6) is 0. The average Bonchev–Trinajstić information content (AvgIpc) is 2.44. The van der Waals surface area contributed by atoms with Crippen molar-refractivity contribution in [1.82, 2.24) is 0 Å². The first-order valence-corrected chi connectivity index (χ1v) is 10.9. The molecule has 0 unspecified atom stereocenters. The molecule has 0 amide bonds. The lowest BCUT2D eigenvalue weighted by Gasteiger charge is -2.28. The predicted octanol–water partition coefficient (Wildman–Crippen LogP) is 5.26. The SMILES string of the molecule is CC(C)OP(OC(C)C)c1ccccc1P(OC(C)C)OC(C)C. The molecule has 0 aliphatic heterocycles. The Hall–Kier alpha value is -0.0800. The van der Waals surface area contributed by atoms with Crippen LogP contribution in [-0.4, -0.2) is 24.4 Å². The van der Waals surface area contributed by atoms with Gasteiger partial charge in [-0.05, 0) is 67.5 Å². The Bertz CT molecular complexity index is 415. The highest BCUT2D eigenvalue weighted by molar-refractivity contribution is 7.62. The number of hydrogen-bond acceptors (Lipinski definition) is 4. The maximum absolute atomic E-state index is 6.09. The molecule has 0 aliphatic rings. The van der Waals surface area contributed by atoms with E-state index in [0.717, 1.165) is 10.6 Å². The fourth-order valence-electron chi connectivity index (χ4n) is 1.82. The van der Waals surface area contributed by atoms with Crippen LogP contribution in [0.2, 0.25) is 0 Å². The third kappa shape index (κ3) is 7.87. The molecule has 0 fully saturated rings. The molecule has 6 heteroatoms. The summed E-state index contributed by atoms with van der Waals surface area (Å²) in [4.78, 5) is 0. The van der Waals surface area contributed by atoms with Gasteiger partial charge in [-0.2, -0.15) is 0 Å². The molecule has 0 heterocycles. The van der Waals surface area contributed by atoms with Gasteiger partial charge in [0.15, 0.2) is 0 Å². The molecule has 0 saturated heterocycles. The normalized spacial score (nSPS) is 12.6. The molecule has 1 rings (SSSR count). The van der Waals surface area contributed by atoms with Crippen molar-refractivity contribution in [2.75, 3.05) is 0 Å². The van der Waals surface area contributed by atoms with Crippen LogP contribution in [0, 0.1) is 0 Å². The van der Waals surface area contributed by atoms with E-state index in [1.165, 1.54) is 0 Å². The van der Waals surface area contributed by atoms with Gasteiger partial charge in [0.25, 0.3) is 0 Å². The molecule has 0 N–H and O–H groups in total. The molecule has 0 bridgehead atoms. The van der Waals surface area contributed by atoms with Gasteiger partial charge < -0.3 is 18.1 Å². The summed E-state index contributed by atoms with van der Waals surface area (Å²) in [7, 11) is -2.36. The van der Waals surface area contributed by atoms with Crippen molar-refractivity contribution in [3.8, 4) is 0 Å². The summed E-state index contributed by atoms with van der Waals surface area (Å²) in [6, 6.07) is 8.16. The third-order valence-electron chi connectivity index (χ3n) is 2.50. The van der Waals surface area contributed by atoms with Gasteiger partial charge in [0.2, 0.25) is 16.8 Å². The highest BCUT2D eigenvalue weighted by Crippen LogP contribution is 2.45. The fraction of sp³-hybridized carbons (Fsp3) is 0.667. The van der Waals surface area contributed by atoms with Crippen LogP contribution in [0.5, 0.6) is 0 Å². The minimum absolute atomic E-state index is 0.0891. The van der Waals surface area contributed by atoms with Gasteiger partial charge in [-0.25, -0.2) is 0 Å². The monoisotopic (exact) mass is 374 g/mol. The second-order valence-electron chi connectivity index (χ2n) is 6.62. The molecule has 4 nitrogen and oxygen atoms in total. The highest BCUT2D eigenvalue weighted by Gasteiger charge is 2.27. The summed E-state index contributed by atoms with van der Waals surface area (Å²) >= 11 is 0. The summed E-state index contributed by atoms with van der Waals surface area (Å²) < 4.78 is 24.4. The lowest BCUT2D eigenvalue weighted by Crippen LogP contribution is -2.27. The summed E-state index contributed by atoms with van der Waals surface area (Å²) in [6.07, 6.45) is 0.356. The van der Waals surface area contributed by atoms with Gasteiger partial charge in [-0.15, -0.1) is 0 Å². The van der Waals surface area contributed by atoms with Crippen molar-refractivity contribution in [2.24, 2.45) is 0 Å². The molecule has 0 radical (unpaired) electrons. The van der Waals surface area contributed by atoms with E-state index in [-0.39, 0.29) is 24.4 Å². The van der Waals surface area contributed by atoms with Crippen LogP contribution in [0.4, 0.5) is 0 Å². The third-order valence-corrected chi connectivity index (χ3v) is 6.70. The number of rotatable bonds is 10. The molecule has 1 aromatic carbocycles. The maximum Gasteiger partial charge on any atom is 0.206 e. The van der Waals surface area contributed by atoms with Crippen molar-refractivity contribution < 1.29 is 18.1 Å². The van der Waals surface area contributed by atoms with Gasteiger partial charge in [0.05, 0.1) is 24.4 Å². The molecule has 1 aromatic rings. The lowest BCUT2D eigenvalue weighted by atomic mass is 10.4. The van der Waals surface area contributed by atoms with Crippen LogP contribution in [-0.2, 0) is 18.1 Å². The topological polar surface area (TPSA) is 36.9 Å². The molecule has 0 spiro atoms. The van der Waals surface area contributed by atoms with Crippen molar-refractivity contribution >= 4 is 27.4 Å². The molecule has 0 aromatic heterocycles. The van der Waals surface area contributed by atoms with Crippen LogP contribution in [0.25, 0.3) is 0 Å². The fourth-order valence-corrected chi connectivity index (χ4v) is 5.33.